The topological polar surface area (TPSA) is 66.6 Å². The van der Waals surface area contributed by atoms with Gasteiger partial charge in [0.25, 0.3) is 5.69 Å². The summed E-state index contributed by atoms with van der Waals surface area (Å²) in [6, 6.07) is 5.12. The summed E-state index contributed by atoms with van der Waals surface area (Å²) >= 11 is 0. The highest BCUT2D eigenvalue weighted by Gasteiger charge is 2.28. The van der Waals surface area contributed by atoms with E-state index in [1.165, 1.54) is 6.07 Å². The molecule has 1 fully saturated rings. The number of anilines is 1. The molecule has 1 aromatic carbocycles. The normalized spacial score (nSPS) is 19.6. The van der Waals surface area contributed by atoms with Crippen molar-refractivity contribution in [3.05, 3.63) is 33.9 Å². The highest BCUT2D eigenvalue weighted by Crippen LogP contribution is 2.34. The van der Waals surface area contributed by atoms with E-state index in [2.05, 4.69) is 0 Å². The lowest BCUT2D eigenvalue weighted by Gasteiger charge is -2.20. The number of para-hydroxylation sites is 1. The van der Waals surface area contributed by atoms with Gasteiger partial charge >= 0.3 is 0 Å². The van der Waals surface area contributed by atoms with Crippen LogP contribution in [0.3, 0.4) is 0 Å². The summed E-state index contributed by atoms with van der Waals surface area (Å²) in [5.41, 5.74) is 1.77. The lowest BCUT2D eigenvalue weighted by atomic mass is 10.1. The van der Waals surface area contributed by atoms with Crippen LogP contribution >= 0.6 is 0 Å². The Morgan fingerprint density at radius 2 is 2.35 bits per heavy atom. The van der Waals surface area contributed by atoms with Crippen LogP contribution in [0.1, 0.15) is 12.0 Å². The minimum atomic E-state index is -0.339. The molecule has 0 bridgehead atoms. The summed E-state index contributed by atoms with van der Waals surface area (Å²) in [5.74, 6) is 0.231. The van der Waals surface area contributed by atoms with E-state index in [-0.39, 0.29) is 23.1 Å². The van der Waals surface area contributed by atoms with Crippen molar-refractivity contribution in [2.24, 2.45) is 5.92 Å². The summed E-state index contributed by atoms with van der Waals surface area (Å²) in [7, 11) is 0. The Hall–Kier alpha value is -1.62. The van der Waals surface area contributed by atoms with Gasteiger partial charge in [0.15, 0.2) is 0 Å². The second kappa shape index (κ2) is 4.71. The van der Waals surface area contributed by atoms with Gasteiger partial charge in [0.2, 0.25) is 0 Å². The van der Waals surface area contributed by atoms with Gasteiger partial charge in [-0.1, -0.05) is 12.1 Å². The molecule has 0 saturated carbocycles. The van der Waals surface area contributed by atoms with Crippen LogP contribution in [0, 0.1) is 23.0 Å². The van der Waals surface area contributed by atoms with Crippen LogP contribution in [-0.2, 0) is 0 Å². The predicted octanol–water partition coefficient (Wildman–Crippen LogP) is 1.72. The lowest BCUT2D eigenvalue weighted by Crippen LogP contribution is -2.22. The molecular weight excluding hydrogens is 220 g/mol. The summed E-state index contributed by atoms with van der Waals surface area (Å²) in [6.45, 7) is 3.50. The Kier molecular flexibility index (Phi) is 3.28. The van der Waals surface area contributed by atoms with Crippen molar-refractivity contribution in [1.29, 1.82) is 0 Å². The Balaban J connectivity index is 2.34. The van der Waals surface area contributed by atoms with Crippen LogP contribution in [0.15, 0.2) is 18.2 Å². The first-order valence-electron chi connectivity index (χ1n) is 5.73. The summed E-state index contributed by atoms with van der Waals surface area (Å²) in [5, 5.41) is 20.1. The van der Waals surface area contributed by atoms with Crippen molar-refractivity contribution >= 4 is 11.4 Å². The number of hydrogen-bond acceptors (Lipinski definition) is 4. The van der Waals surface area contributed by atoms with E-state index in [9.17, 15) is 10.1 Å². The molecule has 0 radical (unpaired) electrons. The fourth-order valence-electron chi connectivity index (χ4n) is 2.39. The summed E-state index contributed by atoms with van der Waals surface area (Å²) in [4.78, 5) is 12.7. The number of nitro groups is 1. The second-order valence-electron chi connectivity index (χ2n) is 4.48. The zero-order chi connectivity index (χ0) is 12.4. The Morgan fingerprint density at radius 3 is 2.94 bits per heavy atom. The molecule has 2 rings (SSSR count). The highest BCUT2D eigenvalue weighted by atomic mass is 16.6. The Labute approximate surface area is 99.8 Å². The quantitative estimate of drug-likeness (QED) is 0.641. The van der Waals surface area contributed by atoms with Gasteiger partial charge in [-0.05, 0) is 18.9 Å². The van der Waals surface area contributed by atoms with Crippen LogP contribution in [0.5, 0.6) is 0 Å². The zero-order valence-corrected chi connectivity index (χ0v) is 9.80. The minimum Gasteiger partial charge on any atom is -0.396 e. The van der Waals surface area contributed by atoms with E-state index in [0.29, 0.717) is 12.2 Å². The molecule has 5 heteroatoms. The van der Waals surface area contributed by atoms with E-state index in [4.69, 9.17) is 5.11 Å². The fraction of sp³-hybridized carbons (Fsp3) is 0.500. The molecule has 1 atom stereocenters. The van der Waals surface area contributed by atoms with Crippen molar-refractivity contribution < 1.29 is 10.0 Å². The third-order valence-electron chi connectivity index (χ3n) is 3.27. The Bertz CT molecular complexity index is 434. The minimum absolute atomic E-state index is 0.149. The van der Waals surface area contributed by atoms with E-state index in [1.807, 2.05) is 17.9 Å². The number of aliphatic hydroxyl groups is 1. The largest absolute Gasteiger partial charge is 0.396 e. The average molecular weight is 236 g/mol. The average Bonchev–Trinajstić information content (AvgIpc) is 2.76. The zero-order valence-electron chi connectivity index (χ0n) is 9.80. The van der Waals surface area contributed by atoms with Crippen LogP contribution in [0.4, 0.5) is 11.4 Å². The molecule has 1 saturated heterocycles. The van der Waals surface area contributed by atoms with Crippen LogP contribution in [-0.4, -0.2) is 29.7 Å². The van der Waals surface area contributed by atoms with Crippen LogP contribution < -0.4 is 4.90 Å². The first kappa shape index (κ1) is 11.9. The van der Waals surface area contributed by atoms with E-state index in [1.54, 1.807) is 6.07 Å². The molecule has 1 N–H and O–H groups in total. The van der Waals surface area contributed by atoms with Crippen molar-refractivity contribution in [1.82, 2.24) is 0 Å². The third kappa shape index (κ3) is 2.24. The molecule has 1 aliphatic heterocycles. The van der Waals surface area contributed by atoms with Crippen molar-refractivity contribution in [3.8, 4) is 0 Å². The molecule has 0 spiro atoms. The maximum atomic E-state index is 11.0. The molecule has 0 aromatic heterocycles. The molecule has 1 unspecified atom stereocenters. The Morgan fingerprint density at radius 1 is 1.59 bits per heavy atom. The van der Waals surface area contributed by atoms with Gasteiger partial charge in [-0.3, -0.25) is 10.1 Å². The standard InChI is InChI=1S/C12H16N2O3/c1-9-3-2-4-11(14(16)17)12(9)13-6-5-10(7-13)8-15/h2-4,10,15H,5-8H2,1H3. The monoisotopic (exact) mass is 236 g/mol. The van der Waals surface area contributed by atoms with Gasteiger partial charge in [0, 0.05) is 31.7 Å². The van der Waals surface area contributed by atoms with Crippen molar-refractivity contribution in [2.75, 3.05) is 24.6 Å². The number of aliphatic hydroxyl groups excluding tert-OH is 1. The van der Waals surface area contributed by atoms with Gasteiger partial charge in [-0.2, -0.15) is 0 Å². The smallest absolute Gasteiger partial charge is 0.292 e. The number of benzene rings is 1. The van der Waals surface area contributed by atoms with Gasteiger partial charge in [-0.15, -0.1) is 0 Å². The second-order valence-corrected chi connectivity index (χ2v) is 4.48. The first-order chi connectivity index (χ1) is 8.13. The van der Waals surface area contributed by atoms with Gasteiger partial charge in [0.05, 0.1) is 4.92 Å². The number of nitro benzene ring substituents is 1. The summed E-state index contributed by atoms with van der Waals surface area (Å²) in [6.07, 6.45) is 0.891. The van der Waals surface area contributed by atoms with Crippen molar-refractivity contribution in [2.45, 2.75) is 13.3 Å². The van der Waals surface area contributed by atoms with E-state index < -0.39 is 0 Å². The molecule has 17 heavy (non-hydrogen) atoms. The molecule has 0 aliphatic carbocycles. The third-order valence-corrected chi connectivity index (χ3v) is 3.27. The van der Waals surface area contributed by atoms with Crippen LogP contribution in [0.2, 0.25) is 0 Å². The first-order valence-corrected chi connectivity index (χ1v) is 5.73. The SMILES string of the molecule is Cc1cccc([N+](=O)[O-])c1N1CCC(CO)C1. The molecular formula is C12H16N2O3. The lowest BCUT2D eigenvalue weighted by molar-refractivity contribution is -0.384. The van der Waals surface area contributed by atoms with E-state index >= 15 is 0 Å². The predicted molar refractivity (Wildman–Crippen MR) is 65.2 cm³/mol. The number of rotatable bonds is 3. The summed E-state index contributed by atoms with van der Waals surface area (Å²) < 4.78 is 0. The molecule has 5 nitrogen and oxygen atoms in total. The highest BCUT2D eigenvalue weighted by molar-refractivity contribution is 5.68. The molecule has 1 aromatic rings. The van der Waals surface area contributed by atoms with Gasteiger partial charge in [-0.25, -0.2) is 0 Å². The number of aryl methyl sites for hydroxylation is 1. The number of hydrogen-bond donors (Lipinski definition) is 1. The van der Waals surface area contributed by atoms with Gasteiger partial charge < -0.3 is 10.0 Å². The fourth-order valence-corrected chi connectivity index (χ4v) is 2.39. The molecule has 1 aliphatic rings. The van der Waals surface area contributed by atoms with E-state index in [0.717, 1.165) is 18.5 Å². The molecule has 0 amide bonds. The maximum Gasteiger partial charge on any atom is 0.292 e. The van der Waals surface area contributed by atoms with Crippen molar-refractivity contribution in [3.63, 3.8) is 0 Å². The molecule has 1 heterocycles. The number of nitrogens with zero attached hydrogens (tertiary/aromatic N) is 2. The maximum absolute atomic E-state index is 11.0. The molecule has 92 valence electrons. The van der Waals surface area contributed by atoms with Gasteiger partial charge in [0.1, 0.15) is 5.69 Å². The van der Waals surface area contributed by atoms with Crippen LogP contribution in [0.25, 0.3) is 0 Å².